The Hall–Kier alpha value is -0.233. The van der Waals surface area contributed by atoms with Crippen LogP contribution in [0.25, 0.3) is 0 Å². The Balaban J connectivity index is 1.93. The van der Waals surface area contributed by atoms with Crippen LogP contribution < -0.4 is 0 Å². The minimum Gasteiger partial charge on any atom is -0.414 e. The van der Waals surface area contributed by atoms with Gasteiger partial charge >= 0.3 is 0 Å². The second-order valence-corrected chi connectivity index (χ2v) is 14.9. The second-order valence-electron chi connectivity index (χ2n) is 9.42. The van der Waals surface area contributed by atoms with E-state index in [2.05, 4.69) is 46.4 Å². The van der Waals surface area contributed by atoms with E-state index in [0.29, 0.717) is 41.5 Å². The van der Waals surface area contributed by atoms with Crippen molar-refractivity contribution >= 4 is 14.1 Å². The number of nitrogens with zero attached hydrogens (tertiary/aromatic N) is 1. The molecule has 3 fully saturated rings. The number of hydrogen-bond acceptors (Lipinski definition) is 4. The fraction of sp³-hybridized carbons (Fsp3) is 0.950. The topological polar surface area (TPSA) is 38.8 Å². The zero-order valence-electron chi connectivity index (χ0n) is 17.2. The van der Waals surface area contributed by atoms with Crippen molar-refractivity contribution in [3.8, 4) is 0 Å². The number of Topliss-reactive ketones (excluding diaryl/α,β-unsaturated/α-hetero) is 1. The van der Waals surface area contributed by atoms with Crippen LogP contribution in [-0.2, 0) is 14.0 Å². The highest BCUT2D eigenvalue weighted by atomic mass is 28.4. The molecular weight excluding hydrogens is 330 g/mol. The number of methoxy groups -OCH3 is 1. The summed E-state index contributed by atoms with van der Waals surface area (Å²) in [7, 11) is -0.130. The van der Waals surface area contributed by atoms with Gasteiger partial charge < -0.3 is 9.16 Å². The fourth-order valence-corrected chi connectivity index (χ4v) is 12.2. The Morgan fingerprint density at radius 3 is 2.28 bits per heavy atom. The molecule has 0 aromatic carbocycles. The average molecular weight is 368 g/mol. The van der Waals surface area contributed by atoms with Crippen molar-refractivity contribution in [2.45, 2.75) is 95.1 Å². The number of rotatable bonds is 7. The van der Waals surface area contributed by atoms with Crippen molar-refractivity contribution in [2.75, 3.05) is 20.3 Å². The quantitative estimate of drug-likeness (QED) is 0.638. The molecule has 4 nitrogen and oxygen atoms in total. The predicted octanol–water partition coefficient (Wildman–Crippen LogP) is 4.00. The Kier molecular flexibility index (Phi) is 5.26. The van der Waals surface area contributed by atoms with Crippen LogP contribution in [0.3, 0.4) is 0 Å². The second kappa shape index (κ2) is 6.74. The van der Waals surface area contributed by atoms with Gasteiger partial charge in [-0.25, -0.2) is 0 Å². The van der Waals surface area contributed by atoms with Gasteiger partial charge in [0.2, 0.25) is 0 Å². The zero-order chi connectivity index (χ0) is 18.6. The van der Waals surface area contributed by atoms with Crippen molar-refractivity contribution in [3.63, 3.8) is 0 Å². The van der Waals surface area contributed by atoms with Crippen molar-refractivity contribution in [2.24, 2.45) is 5.92 Å². The maximum atomic E-state index is 12.8. The van der Waals surface area contributed by atoms with Crippen molar-refractivity contribution < 1.29 is 14.0 Å². The number of carbonyl (C=O) groups is 1. The molecule has 1 unspecified atom stereocenters. The smallest absolute Gasteiger partial charge is 0.200 e. The number of piperidine rings is 1. The van der Waals surface area contributed by atoms with Crippen LogP contribution in [0, 0.1) is 5.92 Å². The van der Waals surface area contributed by atoms with Gasteiger partial charge in [0.05, 0.1) is 18.2 Å². The minimum atomic E-state index is -1.95. The van der Waals surface area contributed by atoms with Gasteiger partial charge in [-0.3, -0.25) is 9.69 Å². The molecule has 144 valence electrons. The molecule has 3 rings (SSSR count). The molecule has 0 radical (unpaired) electrons. The molecule has 5 heteroatoms. The van der Waals surface area contributed by atoms with Gasteiger partial charge in [0.15, 0.2) is 8.32 Å². The molecule has 3 aliphatic heterocycles. The Bertz CT molecular complexity index is 499. The van der Waals surface area contributed by atoms with Crippen LogP contribution in [0.1, 0.15) is 60.8 Å². The average Bonchev–Trinajstić information content (AvgIpc) is 2.93. The first kappa shape index (κ1) is 19.5. The lowest BCUT2D eigenvalue weighted by atomic mass is 9.78. The number of hydrogen-bond donors (Lipinski definition) is 0. The summed E-state index contributed by atoms with van der Waals surface area (Å²) in [5.41, 5.74) is 1.49. The Labute approximate surface area is 154 Å². The van der Waals surface area contributed by atoms with Crippen molar-refractivity contribution in [1.29, 1.82) is 0 Å². The van der Waals surface area contributed by atoms with Crippen LogP contribution in [0.2, 0.25) is 16.6 Å². The maximum absolute atomic E-state index is 12.8. The van der Waals surface area contributed by atoms with Gasteiger partial charge in [-0.05, 0) is 36.0 Å². The van der Waals surface area contributed by atoms with Crippen LogP contribution in [0.15, 0.2) is 0 Å². The van der Waals surface area contributed by atoms with Gasteiger partial charge in [-0.2, -0.15) is 0 Å². The summed E-state index contributed by atoms with van der Waals surface area (Å²) < 4.78 is 12.9. The first-order valence-corrected chi connectivity index (χ1v) is 12.3. The third-order valence-electron chi connectivity index (χ3n) is 7.65. The summed E-state index contributed by atoms with van der Waals surface area (Å²) in [4.78, 5) is 15.4. The molecule has 3 saturated heterocycles. The predicted molar refractivity (Wildman–Crippen MR) is 103 cm³/mol. The standard InChI is InChI=1S/C20H37NO3Si/c1-13(2)25(14(3)4,15(5)6)24-12-20-17-8-9-21(20)16(10-18(17)22)11-19(20)23-7/h13-17,19H,8-12H2,1-7H3/t16-,17+,19+,20+/m1/s1. The van der Waals surface area contributed by atoms with E-state index in [0.717, 1.165) is 19.4 Å². The zero-order valence-corrected chi connectivity index (χ0v) is 18.2. The molecule has 3 aliphatic rings. The molecule has 25 heavy (non-hydrogen) atoms. The Morgan fingerprint density at radius 2 is 1.76 bits per heavy atom. The van der Waals surface area contributed by atoms with E-state index < -0.39 is 8.32 Å². The van der Waals surface area contributed by atoms with Crippen molar-refractivity contribution in [1.82, 2.24) is 4.90 Å². The lowest BCUT2D eigenvalue weighted by molar-refractivity contribution is -0.135. The highest BCUT2D eigenvalue weighted by Gasteiger charge is 2.67. The lowest BCUT2D eigenvalue weighted by Crippen LogP contribution is -2.62. The summed E-state index contributed by atoms with van der Waals surface area (Å²) in [6.07, 6.45) is 2.82. The summed E-state index contributed by atoms with van der Waals surface area (Å²) in [6.45, 7) is 15.7. The summed E-state index contributed by atoms with van der Waals surface area (Å²) in [6, 6.07) is 0.369. The maximum Gasteiger partial charge on any atom is 0.200 e. The largest absolute Gasteiger partial charge is 0.414 e. The molecule has 0 aromatic heterocycles. The normalized spacial score (nSPS) is 37.8. The molecule has 0 aliphatic carbocycles. The highest BCUT2D eigenvalue weighted by Crippen LogP contribution is 2.54. The van der Waals surface area contributed by atoms with Crippen LogP contribution in [-0.4, -0.2) is 56.9 Å². The lowest BCUT2D eigenvalue weighted by Gasteiger charge is -2.49. The summed E-state index contributed by atoms with van der Waals surface area (Å²) in [5.74, 6) is 0.558. The van der Waals surface area contributed by atoms with Gasteiger partial charge in [-0.1, -0.05) is 41.5 Å². The van der Waals surface area contributed by atoms with Gasteiger partial charge in [0, 0.05) is 25.5 Å². The third-order valence-corrected chi connectivity index (χ3v) is 13.7. The van der Waals surface area contributed by atoms with E-state index in [4.69, 9.17) is 9.16 Å². The van der Waals surface area contributed by atoms with E-state index in [1.165, 1.54) is 0 Å². The Morgan fingerprint density at radius 1 is 1.16 bits per heavy atom. The summed E-state index contributed by atoms with van der Waals surface area (Å²) >= 11 is 0. The first-order valence-electron chi connectivity index (χ1n) is 10.2. The molecule has 0 N–H and O–H groups in total. The SMILES string of the molecule is CO[C@H]1C[C@H]2CC(=O)[C@@H]3CCN2[C@]13CO[Si](C(C)C)(C(C)C)C(C)C. The highest BCUT2D eigenvalue weighted by molar-refractivity contribution is 6.77. The molecule has 5 atom stereocenters. The monoisotopic (exact) mass is 367 g/mol. The van der Waals surface area contributed by atoms with E-state index in [1.54, 1.807) is 0 Å². The van der Waals surface area contributed by atoms with E-state index in [9.17, 15) is 4.79 Å². The molecule has 0 amide bonds. The van der Waals surface area contributed by atoms with Crippen molar-refractivity contribution in [3.05, 3.63) is 0 Å². The van der Waals surface area contributed by atoms with E-state index in [-0.39, 0.29) is 17.6 Å². The van der Waals surface area contributed by atoms with Gasteiger partial charge in [0.25, 0.3) is 0 Å². The fourth-order valence-electron chi connectivity index (χ4n) is 6.76. The van der Waals surface area contributed by atoms with Crippen LogP contribution >= 0.6 is 0 Å². The van der Waals surface area contributed by atoms with Crippen LogP contribution in [0.4, 0.5) is 0 Å². The van der Waals surface area contributed by atoms with E-state index in [1.807, 2.05) is 7.11 Å². The molecule has 0 saturated carbocycles. The number of carbonyl (C=O) groups excluding carboxylic acids is 1. The van der Waals surface area contributed by atoms with Gasteiger partial charge in [-0.15, -0.1) is 0 Å². The molecule has 3 heterocycles. The van der Waals surface area contributed by atoms with Gasteiger partial charge in [0.1, 0.15) is 5.78 Å². The number of ketones is 1. The minimum absolute atomic E-state index is 0.106. The molecule has 0 spiro atoms. The number of ether oxygens (including phenoxy) is 1. The summed E-state index contributed by atoms with van der Waals surface area (Å²) in [5, 5.41) is 0. The van der Waals surface area contributed by atoms with E-state index >= 15 is 0 Å². The molecular formula is C20H37NO3Si. The third kappa shape index (κ3) is 2.60. The molecule has 0 aromatic rings. The molecule has 4 bridgehead atoms. The van der Waals surface area contributed by atoms with Crippen LogP contribution in [0.5, 0.6) is 0 Å². The first-order chi connectivity index (χ1) is 11.7.